The third-order valence-corrected chi connectivity index (χ3v) is 15.7. The summed E-state index contributed by atoms with van der Waals surface area (Å²) in [6.45, 7) is 0. The molecule has 4 aromatic heterocycles. The molecule has 0 bridgehead atoms. The van der Waals surface area contributed by atoms with Crippen LogP contribution in [0.2, 0.25) is 0 Å². The van der Waals surface area contributed by atoms with Crippen LogP contribution in [0.15, 0.2) is 186 Å². The van der Waals surface area contributed by atoms with E-state index in [1.54, 1.807) is 0 Å². The fourth-order valence-electron chi connectivity index (χ4n) is 10.6. The predicted octanol–water partition coefficient (Wildman–Crippen LogP) is 16.4. The molecule has 9 aromatic carbocycles. The summed E-state index contributed by atoms with van der Waals surface area (Å²) in [4.78, 5) is 16.7. The smallest absolute Gasteiger partial charge is 0.164 e. The summed E-state index contributed by atoms with van der Waals surface area (Å²) in [5, 5.41) is 9.50. The number of aromatic nitrogens is 3. The predicted molar refractivity (Wildman–Crippen MR) is 269 cm³/mol. The molecule has 0 spiro atoms. The fourth-order valence-corrected chi connectivity index (χ4v) is 12.9. The molecule has 1 aliphatic rings. The summed E-state index contributed by atoms with van der Waals surface area (Å²) in [7, 11) is 0. The lowest BCUT2D eigenvalue weighted by molar-refractivity contribution is 0.667. The van der Waals surface area contributed by atoms with Crippen LogP contribution in [0.5, 0.6) is 0 Å². The largest absolute Gasteiger partial charge is 0.456 e. The van der Waals surface area contributed by atoms with E-state index in [1.165, 1.54) is 78.9 Å². The van der Waals surface area contributed by atoms with Crippen LogP contribution >= 0.6 is 22.7 Å². The number of furan rings is 1. The van der Waals surface area contributed by atoms with Crippen molar-refractivity contribution in [3.63, 3.8) is 0 Å². The Hall–Kier alpha value is -7.51. The first-order valence-corrected chi connectivity index (χ1v) is 23.5. The second-order valence-corrected chi connectivity index (χ2v) is 19.1. The summed E-state index contributed by atoms with van der Waals surface area (Å²) < 4.78 is 11.6. The van der Waals surface area contributed by atoms with Crippen molar-refractivity contribution >= 4 is 95.7 Å². The van der Waals surface area contributed by atoms with Crippen molar-refractivity contribution in [1.82, 2.24) is 15.0 Å². The van der Waals surface area contributed by atoms with Gasteiger partial charge in [0, 0.05) is 73.7 Å². The molecule has 0 saturated heterocycles. The molecule has 1 atom stereocenters. The van der Waals surface area contributed by atoms with Crippen LogP contribution in [0.1, 0.15) is 29.0 Å². The molecule has 0 unspecified atom stereocenters. The lowest BCUT2D eigenvalue weighted by atomic mass is 9.81. The van der Waals surface area contributed by atoms with Gasteiger partial charge in [0.2, 0.25) is 0 Å². The van der Waals surface area contributed by atoms with Crippen LogP contribution in [0, 0.1) is 0 Å². The van der Waals surface area contributed by atoms with Crippen LogP contribution in [-0.4, -0.2) is 15.0 Å². The highest BCUT2D eigenvalue weighted by Gasteiger charge is 2.31. The van der Waals surface area contributed by atoms with Crippen molar-refractivity contribution in [1.29, 1.82) is 0 Å². The molecular formula is C58H35N3OS2. The molecule has 300 valence electrons. The number of aryl methyl sites for hydroxylation is 1. The molecule has 4 nitrogen and oxygen atoms in total. The van der Waals surface area contributed by atoms with Crippen molar-refractivity contribution in [3.05, 3.63) is 199 Å². The summed E-state index contributed by atoms with van der Waals surface area (Å²) in [6.07, 6.45) is 1.82. The first kappa shape index (κ1) is 36.0. The highest BCUT2D eigenvalue weighted by molar-refractivity contribution is 7.26. The SMILES string of the molecule is c1ccc2c(c1)-c1cc3ccccc3cc1CC[C@H]2c1c(-c2nc(-c3cccc4sc5ccccc5c34)nc(-c3cccc4sc5ccccc5c34)n2)ccc2oc3ccccc3c12. The van der Waals surface area contributed by atoms with Gasteiger partial charge in [-0.2, -0.15) is 0 Å². The zero-order chi connectivity index (χ0) is 41.9. The molecule has 6 heteroatoms. The topological polar surface area (TPSA) is 51.8 Å². The van der Waals surface area contributed by atoms with Gasteiger partial charge in [0.15, 0.2) is 17.5 Å². The van der Waals surface area contributed by atoms with Crippen LogP contribution < -0.4 is 0 Å². The number of rotatable bonds is 4. The van der Waals surface area contributed by atoms with Crippen molar-refractivity contribution in [2.24, 2.45) is 0 Å². The van der Waals surface area contributed by atoms with Crippen LogP contribution in [0.4, 0.5) is 0 Å². The normalized spacial score (nSPS) is 14.0. The lowest BCUT2D eigenvalue weighted by Crippen LogP contribution is -2.08. The maximum absolute atomic E-state index is 6.70. The van der Waals surface area contributed by atoms with Gasteiger partial charge in [-0.3, -0.25) is 0 Å². The molecule has 4 heterocycles. The Balaban J connectivity index is 1.08. The molecule has 1 aliphatic carbocycles. The minimum absolute atomic E-state index is 0.00332. The van der Waals surface area contributed by atoms with Gasteiger partial charge < -0.3 is 4.42 Å². The summed E-state index contributed by atoms with van der Waals surface area (Å²) >= 11 is 3.62. The molecule has 0 fully saturated rings. The maximum atomic E-state index is 6.70. The summed E-state index contributed by atoms with van der Waals surface area (Å²) in [5.41, 5.74) is 11.2. The number of hydrogen-bond acceptors (Lipinski definition) is 6. The van der Waals surface area contributed by atoms with Gasteiger partial charge >= 0.3 is 0 Å². The van der Waals surface area contributed by atoms with Crippen molar-refractivity contribution in [2.45, 2.75) is 18.8 Å². The lowest BCUT2D eigenvalue weighted by Gasteiger charge is -2.23. The number of fused-ring (bicyclic) bond motifs is 13. The van der Waals surface area contributed by atoms with Crippen LogP contribution in [0.25, 0.3) is 118 Å². The van der Waals surface area contributed by atoms with E-state index in [9.17, 15) is 0 Å². The zero-order valence-electron chi connectivity index (χ0n) is 34.4. The Morgan fingerprint density at radius 2 is 0.953 bits per heavy atom. The molecule has 0 saturated carbocycles. The highest BCUT2D eigenvalue weighted by atomic mass is 32.1. The first-order chi connectivity index (χ1) is 31.7. The van der Waals surface area contributed by atoms with E-state index < -0.39 is 0 Å². The van der Waals surface area contributed by atoms with Gasteiger partial charge in [-0.25, -0.2) is 15.0 Å². The maximum Gasteiger partial charge on any atom is 0.164 e. The summed E-state index contributed by atoms with van der Waals surface area (Å²) in [6, 6.07) is 65.8. The number of thiophene rings is 2. The van der Waals surface area contributed by atoms with Gasteiger partial charge in [-0.15, -0.1) is 22.7 Å². The third kappa shape index (κ3) is 5.43. The van der Waals surface area contributed by atoms with E-state index >= 15 is 0 Å². The Labute approximate surface area is 375 Å². The average molecular weight is 854 g/mol. The molecular weight excluding hydrogens is 819 g/mol. The minimum atomic E-state index is 0.00332. The monoisotopic (exact) mass is 853 g/mol. The Morgan fingerprint density at radius 1 is 0.406 bits per heavy atom. The van der Waals surface area contributed by atoms with Gasteiger partial charge in [-0.1, -0.05) is 133 Å². The first-order valence-electron chi connectivity index (χ1n) is 21.8. The van der Waals surface area contributed by atoms with Gasteiger partial charge in [0.25, 0.3) is 0 Å². The van der Waals surface area contributed by atoms with E-state index in [4.69, 9.17) is 19.4 Å². The van der Waals surface area contributed by atoms with Gasteiger partial charge in [0.05, 0.1) is 0 Å². The quantitative estimate of drug-likeness (QED) is 0.177. The van der Waals surface area contributed by atoms with E-state index in [1.807, 2.05) is 22.7 Å². The van der Waals surface area contributed by atoms with E-state index in [0.717, 1.165) is 51.5 Å². The van der Waals surface area contributed by atoms with Crippen molar-refractivity contribution < 1.29 is 4.42 Å². The second-order valence-electron chi connectivity index (χ2n) is 16.9. The molecule has 0 aliphatic heterocycles. The Kier molecular flexibility index (Phi) is 7.88. The van der Waals surface area contributed by atoms with Crippen molar-refractivity contribution in [2.75, 3.05) is 0 Å². The van der Waals surface area contributed by atoms with Crippen LogP contribution in [0.3, 0.4) is 0 Å². The Morgan fingerprint density at radius 3 is 1.66 bits per heavy atom. The number of nitrogens with zero attached hydrogens (tertiary/aromatic N) is 3. The standard InChI is InChI=1S/C58H35N3OS2/c1-2-14-34-32-45-35(31-33(34)13-1)27-28-38(36-15-3-4-16-37(36)45)54-44(29-30-47-55(54)39-17-5-8-22-46(39)62-47)58-60-56(42-20-11-25-50-52(42)40-18-6-9-23-48(40)63-50)59-57(61-58)43-21-12-26-51-53(43)41-19-7-10-24-49(41)64-51/h1-26,29-32,38H,27-28H2/t38-/m1/s1. The van der Waals surface area contributed by atoms with Crippen LogP contribution in [-0.2, 0) is 6.42 Å². The summed E-state index contributed by atoms with van der Waals surface area (Å²) in [5.74, 6) is 1.98. The van der Waals surface area contributed by atoms with E-state index in [2.05, 4.69) is 182 Å². The molecule has 0 radical (unpaired) electrons. The van der Waals surface area contributed by atoms with Gasteiger partial charge in [-0.05, 0) is 100.0 Å². The average Bonchev–Trinajstić information content (AvgIpc) is 4.02. The number of hydrogen-bond donors (Lipinski definition) is 0. The minimum Gasteiger partial charge on any atom is -0.456 e. The Bertz CT molecular complexity index is 3930. The zero-order valence-corrected chi connectivity index (χ0v) is 36.0. The molecule has 64 heavy (non-hydrogen) atoms. The molecule has 14 rings (SSSR count). The number of benzene rings is 9. The molecule has 0 amide bonds. The number of para-hydroxylation sites is 1. The van der Waals surface area contributed by atoms with E-state index in [-0.39, 0.29) is 5.92 Å². The molecule has 13 aromatic rings. The fraction of sp³-hybridized carbons (Fsp3) is 0.0517. The third-order valence-electron chi connectivity index (χ3n) is 13.4. The van der Waals surface area contributed by atoms with E-state index in [0.29, 0.717) is 17.5 Å². The molecule has 0 N–H and O–H groups in total. The van der Waals surface area contributed by atoms with Crippen molar-refractivity contribution in [3.8, 4) is 45.3 Å². The second kappa shape index (κ2) is 14.0. The highest BCUT2D eigenvalue weighted by Crippen LogP contribution is 2.50. The van der Waals surface area contributed by atoms with Gasteiger partial charge in [0.1, 0.15) is 11.2 Å².